The molecule has 1 aromatic carbocycles. The Morgan fingerprint density at radius 2 is 1.64 bits per heavy atom. The number of phenols is 2. The summed E-state index contributed by atoms with van der Waals surface area (Å²) in [4.78, 5) is 12.1. The van der Waals surface area contributed by atoms with Crippen LogP contribution in [0.4, 0.5) is 4.79 Å². The van der Waals surface area contributed by atoms with Gasteiger partial charge in [-0.3, -0.25) is 0 Å². The molecular weight excluding hydrogens is 361 g/mol. The molecule has 1 aliphatic rings. The van der Waals surface area contributed by atoms with E-state index in [9.17, 15) is 15.0 Å². The Morgan fingerprint density at radius 3 is 2.11 bits per heavy atom. The zero-order valence-electron chi connectivity index (χ0n) is 17.6. The Hall–Kier alpha value is -2.19. The lowest BCUT2D eigenvalue weighted by Gasteiger charge is -2.32. The maximum atomic E-state index is 12.1. The summed E-state index contributed by atoms with van der Waals surface area (Å²) in [6.45, 7) is 13.1. The van der Waals surface area contributed by atoms with Crippen LogP contribution in [0.1, 0.15) is 54.0 Å². The quantitative estimate of drug-likeness (QED) is 0.678. The highest BCUT2D eigenvalue weighted by molar-refractivity contribution is 6.56. The fourth-order valence-corrected chi connectivity index (χ4v) is 2.56. The summed E-state index contributed by atoms with van der Waals surface area (Å²) >= 11 is 0. The minimum atomic E-state index is -0.765. The van der Waals surface area contributed by atoms with Gasteiger partial charge in [0.1, 0.15) is 17.1 Å². The summed E-state index contributed by atoms with van der Waals surface area (Å²) in [5.41, 5.74) is -1.04. The lowest BCUT2D eigenvalue weighted by atomic mass is 9.77. The molecule has 3 N–H and O–H groups in total. The smallest absolute Gasteiger partial charge is 0.492 e. The van der Waals surface area contributed by atoms with Crippen LogP contribution in [0.3, 0.4) is 0 Å². The number of phenolic OH excluding ortho intramolecular Hbond substituents is 2. The van der Waals surface area contributed by atoms with Crippen molar-refractivity contribution in [3.05, 3.63) is 29.2 Å². The third kappa shape index (κ3) is 5.20. The molecule has 0 spiro atoms. The normalized spacial score (nSPS) is 18.8. The number of rotatable bonds is 4. The maximum Gasteiger partial charge on any atom is 0.492 e. The zero-order chi connectivity index (χ0) is 21.3. The summed E-state index contributed by atoms with van der Waals surface area (Å²) in [6, 6.07) is 4.47. The first-order chi connectivity index (χ1) is 12.7. The molecule has 0 saturated carbocycles. The van der Waals surface area contributed by atoms with Gasteiger partial charge in [-0.1, -0.05) is 6.07 Å². The molecule has 0 radical (unpaired) electrons. The van der Waals surface area contributed by atoms with Crippen molar-refractivity contribution in [2.24, 2.45) is 0 Å². The van der Waals surface area contributed by atoms with E-state index in [1.807, 2.05) is 27.7 Å². The topological polar surface area (TPSA) is 97.3 Å². The molecule has 154 valence electrons. The third-order valence-electron chi connectivity index (χ3n) is 4.78. The predicted molar refractivity (Wildman–Crippen MR) is 108 cm³/mol. The van der Waals surface area contributed by atoms with Crippen molar-refractivity contribution in [2.45, 2.75) is 65.3 Å². The maximum absolute atomic E-state index is 12.1. The molecule has 8 heteroatoms. The minimum Gasteiger partial charge on any atom is -0.507 e. The highest BCUT2D eigenvalue weighted by Gasteiger charge is 2.52. The zero-order valence-corrected chi connectivity index (χ0v) is 17.6. The van der Waals surface area contributed by atoms with Crippen LogP contribution < -0.4 is 5.32 Å². The van der Waals surface area contributed by atoms with Crippen LogP contribution in [0.5, 0.6) is 11.5 Å². The number of ether oxygens (including phenoxy) is 1. The molecule has 1 saturated heterocycles. The molecule has 1 aliphatic heterocycles. The Kier molecular flexibility index (Phi) is 6.06. The van der Waals surface area contributed by atoms with Crippen molar-refractivity contribution >= 4 is 19.3 Å². The van der Waals surface area contributed by atoms with E-state index in [1.165, 1.54) is 18.2 Å². The first-order valence-corrected chi connectivity index (χ1v) is 9.26. The van der Waals surface area contributed by atoms with Crippen LogP contribution in [-0.4, -0.2) is 46.8 Å². The molecule has 7 nitrogen and oxygen atoms in total. The molecule has 0 atom stereocenters. The van der Waals surface area contributed by atoms with Crippen molar-refractivity contribution in [1.29, 1.82) is 0 Å². The lowest BCUT2D eigenvalue weighted by molar-refractivity contribution is 0.00578. The van der Waals surface area contributed by atoms with Crippen LogP contribution >= 0.6 is 0 Å². The summed E-state index contributed by atoms with van der Waals surface area (Å²) in [7, 11) is -0.765. The Morgan fingerprint density at radius 1 is 1.14 bits per heavy atom. The number of hydrogen-bond acceptors (Lipinski definition) is 6. The van der Waals surface area contributed by atoms with Crippen LogP contribution in [0.25, 0.3) is 6.08 Å². The number of amides is 1. The lowest BCUT2D eigenvalue weighted by Crippen LogP contribution is -2.41. The SMILES string of the molecule is CC(C)(C)OC(=O)NCC(=Cc1c(O)cccc1O)B1OC(C)(C)C(C)(C)O1. The molecule has 2 rings (SSSR count). The van der Waals surface area contributed by atoms with E-state index in [2.05, 4.69) is 5.32 Å². The van der Waals surface area contributed by atoms with Gasteiger partial charge in [0.05, 0.1) is 16.8 Å². The molecule has 1 aromatic rings. The summed E-state index contributed by atoms with van der Waals surface area (Å²) in [5.74, 6) is -0.183. The third-order valence-corrected chi connectivity index (χ3v) is 4.78. The van der Waals surface area contributed by atoms with Crippen LogP contribution in [0.15, 0.2) is 23.7 Å². The molecule has 0 aliphatic carbocycles. The number of nitrogens with one attached hydrogen (secondary N) is 1. The van der Waals surface area contributed by atoms with E-state index in [4.69, 9.17) is 14.0 Å². The van der Waals surface area contributed by atoms with E-state index in [-0.39, 0.29) is 23.6 Å². The monoisotopic (exact) mass is 391 g/mol. The van der Waals surface area contributed by atoms with Crippen LogP contribution in [0.2, 0.25) is 0 Å². The number of carbonyl (C=O) groups is 1. The molecule has 0 aromatic heterocycles. The van der Waals surface area contributed by atoms with Gasteiger partial charge < -0.3 is 29.6 Å². The van der Waals surface area contributed by atoms with Gasteiger partial charge >= 0.3 is 13.2 Å². The number of hydrogen-bond donors (Lipinski definition) is 3. The first kappa shape index (κ1) is 22.1. The average Bonchev–Trinajstić information content (AvgIpc) is 2.72. The highest BCUT2D eigenvalue weighted by atomic mass is 16.7. The van der Waals surface area contributed by atoms with Crippen molar-refractivity contribution in [1.82, 2.24) is 5.32 Å². The Balaban J connectivity index is 2.32. The van der Waals surface area contributed by atoms with Gasteiger partial charge in [-0.2, -0.15) is 0 Å². The van der Waals surface area contributed by atoms with Gasteiger partial charge in [-0.05, 0) is 72.1 Å². The molecular formula is C20H30BNO6. The van der Waals surface area contributed by atoms with Gasteiger partial charge in [0.15, 0.2) is 0 Å². The first-order valence-electron chi connectivity index (χ1n) is 9.26. The molecule has 0 bridgehead atoms. The fraction of sp³-hybridized carbons (Fsp3) is 0.550. The molecule has 1 amide bonds. The highest BCUT2D eigenvalue weighted by Crippen LogP contribution is 2.39. The van der Waals surface area contributed by atoms with Crippen molar-refractivity contribution in [2.75, 3.05) is 6.54 Å². The van der Waals surface area contributed by atoms with Gasteiger partial charge in [0.2, 0.25) is 0 Å². The van der Waals surface area contributed by atoms with E-state index >= 15 is 0 Å². The van der Waals surface area contributed by atoms with Gasteiger partial charge in [0, 0.05) is 6.54 Å². The van der Waals surface area contributed by atoms with E-state index < -0.39 is 30.0 Å². The second-order valence-corrected chi connectivity index (χ2v) is 8.87. The van der Waals surface area contributed by atoms with Gasteiger partial charge in [-0.15, -0.1) is 0 Å². The molecule has 0 unspecified atom stereocenters. The second-order valence-electron chi connectivity index (χ2n) is 8.87. The summed E-state index contributed by atoms with van der Waals surface area (Å²) in [6.07, 6.45) is 0.973. The number of carbonyl (C=O) groups excluding carboxylic acids is 1. The summed E-state index contributed by atoms with van der Waals surface area (Å²) < 4.78 is 17.4. The van der Waals surface area contributed by atoms with E-state index in [0.717, 1.165) is 0 Å². The predicted octanol–water partition coefficient (Wildman–Crippen LogP) is 3.64. The largest absolute Gasteiger partial charge is 0.507 e. The second kappa shape index (κ2) is 7.68. The molecule has 28 heavy (non-hydrogen) atoms. The van der Waals surface area contributed by atoms with Crippen LogP contribution in [-0.2, 0) is 14.0 Å². The van der Waals surface area contributed by atoms with Crippen molar-refractivity contribution in [3.8, 4) is 11.5 Å². The van der Waals surface area contributed by atoms with Crippen LogP contribution in [0, 0.1) is 0 Å². The van der Waals surface area contributed by atoms with Gasteiger partial charge in [0.25, 0.3) is 0 Å². The average molecular weight is 391 g/mol. The minimum absolute atomic E-state index is 0.0551. The fourth-order valence-electron chi connectivity index (χ4n) is 2.56. The number of benzene rings is 1. The molecule has 1 heterocycles. The van der Waals surface area contributed by atoms with E-state index in [0.29, 0.717) is 5.47 Å². The van der Waals surface area contributed by atoms with E-state index in [1.54, 1.807) is 26.8 Å². The standard InChI is InChI=1S/C20H30BNO6/c1-18(2,3)26-17(25)22-12-13(11-14-15(23)9-8-10-16(14)24)21-27-19(4,5)20(6,7)28-21/h8-11,23-24H,12H2,1-7H3,(H,22,25). The van der Waals surface area contributed by atoms with Gasteiger partial charge in [-0.25, -0.2) is 4.79 Å². The Bertz CT molecular complexity index is 730. The molecule has 1 fully saturated rings. The van der Waals surface area contributed by atoms with Crippen molar-refractivity contribution in [3.63, 3.8) is 0 Å². The Labute approximate surface area is 166 Å². The number of alkyl carbamates (subject to hydrolysis) is 1. The summed E-state index contributed by atoms with van der Waals surface area (Å²) in [5, 5.41) is 22.9. The van der Waals surface area contributed by atoms with Crippen molar-refractivity contribution < 1.29 is 29.1 Å². The number of aromatic hydroxyl groups is 2.